The summed E-state index contributed by atoms with van der Waals surface area (Å²) in [5, 5.41) is 21.4. The van der Waals surface area contributed by atoms with Crippen LogP contribution in [0.25, 0.3) is 20.9 Å². The summed E-state index contributed by atoms with van der Waals surface area (Å²) in [7, 11) is 0. The summed E-state index contributed by atoms with van der Waals surface area (Å²) < 4.78 is 21.0. The molecule has 56 heavy (non-hydrogen) atoms. The summed E-state index contributed by atoms with van der Waals surface area (Å²) in [6.07, 6.45) is 2.16. The average molecular weight is 805 g/mol. The molecule has 6 N–H and O–H groups in total. The highest BCUT2D eigenvalue weighted by molar-refractivity contribution is 5.82. The molecule has 0 saturated heterocycles. The van der Waals surface area contributed by atoms with Crippen molar-refractivity contribution in [3.8, 4) is 0 Å². The van der Waals surface area contributed by atoms with Crippen molar-refractivity contribution in [1.82, 2.24) is 16.0 Å². The molecule has 0 spiro atoms. The van der Waals surface area contributed by atoms with E-state index in [9.17, 15) is 28.8 Å². The summed E-state index contributed by atoms with van der Waals surface area (Å²) in [6.45, 7) is 21.3. The molecule has 2 atom stereocenters. The summed E-state index contributed by atoms with van der Waals surface area (Å²) in [5.41, 5.74) is 18.5. The molecular weight excluding hydrogens is 736 g/mol. The zero-order valence-corrected chi connectivity index (χ0v) is 34.5. The van der Waals surface area contributed by atoms with Gasteiger partial charge >= 0.3 is 30.1 Å². The van der Waals surface area contributed by atoms with Crippen LogP contribution in [0.1, 0.15) is 129 Å². The normalized spacial score (nSPS) is 11.9. The second-order valence-electron chi connectivity index (χ2n) is 15.8. The van der Waals surface area contributed by atoms with Crippen LogP contribution in [0.3, 0.4) is 0 Å². The molecule has 0 aromatic carbocycles. The van der Waals surface area contributed by atoms with Crippen LogP contribution in [0.5, 0.6) is 0 Å². The molecule has 0 unspecified atom stereocenters. The van der Waals surface area contributed by atoms with Crippen LogP contribution in [0.2, 0.25) is 0 Å². The number of alkyl carbamates (subject to hydrolysis) is 2. The molecule has 0 bridgehead atoms. The Labute approximate surface area is 331 Å². The largest absolute Gasteiger partial charge is 0.481 e. The van der Waals surface area contributed by atoms with E-state index in [4.69, 9.17) is 40.8 Å². The molecule has 0 aliphatic rings. The van der Waals surface area contributed by atoms with Gasteiger partial charge in [0.25, 0.3) is 0 Å². The quantitative estimate of drug-likeness (QED) is 0.0275. The fourth-order valence-corrected chi connectivity index (χ4v) is 3.58. The number of aliphatic carboxylic acids is 1. The second kappa shape index (κ2) is 29.3. The lowest BCUT2D eigenvalue weighted by Gasteiger charge is -2.26. The first-order valence-electron chi connectivity index (χ1n) is 17.7. The van der Waals surface area contributed by atoms with Crippen LogP contribution in [-0.2, 0) is 38.1 Å². The number of esters is 2. The smallest absolute Gasteiger partial charge is 0.408 e. The van der Waals surface area contributed by atoms with Gasteiger partial charge in [-0.05, 0) is 139 Å². The van der Waals surface area contributed by atoms with Crippen molar-refractivity contribution in [1.29, 1.82) is 0 Å². The number of nitrogens with zero attached hydrogens (tertiary/aromatic N) is 6. The molecule has 0 heterocycles. The predicted molar refractivity (Wildman–Crippen MR) is 210 cm³/mol. The van der Waals surface area contributed by atoms with Crippen molar-refractivity contribution >= 4 is 36.0 Å². The van der Waals surface area contributed by atoms with Gasteiger partial charge in [0, 0.05) is 16.4 Å². The first-order valence-corrected chi connectivity index (χ1v) is 17.7. The maximum atomic E-state index is 12.3. The number of nitrogens with one attached hydrogen (secondary N) is 3. The van der Waals surface area contributed by atoms with E-state index < -0.39 is 71.1 Å². The van der Waals surface area contributed by atoms with Gasteiger partial charge in [0.05, 0.1) is 0 Å². The lowest BCUT2D eigenvalue weighted by atomic mass is 10.1. The Morgan fingerprint density at radius 3 is 1.29 bits per heavy atom. The fraction of sp³-hybridized carbons (Fsp3) is 0.829. The maximum absolute atomic E-state index is 12.3. The SMILES string of the molecule is C.CC(C)(C)OC(=O)N[C@@H](CCCCN)C(=O)OC(C)(C)C.CC(C)(C)OC(=O)N[C@@H](CCCCNC(=O)CN=[N+]=[N-])C(=O)OC(C)(C)C.[N-]=[N+]=NCC(=O)O. The number of rotatable bonds is 17. The summed E-state index contributed by atoms with van der Waals surface area (Å²) >= 11 is 0. The zero-order valence-electron chi connectivity index (χ0n) is 34.5. The third-order valence-corrected chi connectivity index (χ3v) is 5.50. The number of amides is 3. The minimum Gasteiger partial charge on any atom is -0.481 e. The number of nitrogens with two attached hydrogens (primary N) is 1. The molecule has 0 aromatic rings. The molecule has 21 nitrogen and oxygen atoms in total. The van der Waals surface area contributed by atoms with Crippen molar-refractivity contribution in [2.45, 2.75) is 164 Å². The number of carbonyl (C=O) groups excluding carboxylic acids is 5. The van der Waals surface area contributed by atoms with Crippen molar-refractivity contribution in [2.75, 3.05) is 26.2 Å². The van der Waals surface area contributed by atoms with E-state index in [1.807, 2.05) is 0 Å². The number of hydrogen-bond acceptors (Lipinski definition) is 13. The monoisotopic (exact) mass is 805 g/mol. The van der Waals surface area contributed by atoms with E-state index in [-0.39, 0.29) is 19.9 Å². The van der Waals surface area contributed by atoms with E-state index in [0.29, 0.717) is 38.8 Å². The Kier molecular flexibility index (Phi) is 30.2. The minimum absolute atomic E-state index is 0. The van der Waals surface area contributed by atoms with Crippen LogP contribution in [-0.4, -0.2) is 102 Å². The Bertz CT molecular complexity index is 1300. The molecular formula is C35H68N10O11. The van der Waals surface area contributed by atoms with Gasteiger partial charge in [-0.1, -0.05) is 17.7 Å². The van der Waals surface area contributed by atoms with Gasteiger partial charge < -0.3 is 45.7 Å². The standard InChI is InChI=1S/C17H31N5O5.C15H30N2O4.C2H3N3O2.CH4/c1-16(2,3)26-14(24)12(21-15(25)27-17(4,5)6)9-7-8-10-19-13(23)11-20-22-18;1-14(2,3)20-12(18)11(9-7-8-10-16)17-13(19)21-15(4,5)6;3-5-4-1-2(6)7;/h12H,7-11H2,1-6H3,(H,19,23)(H,21,25);11H,7-10,16H2,1-6H3,(H,17,19);1H2,(H,6,7);1H4/t12-;11-;;/m00../s1. The molecule has 0 aromatic heterocycles. The third kappa shape index (κ3) is 41.8. The molecule has 3 amide bonds. The third-order valence-electron chi connectivity index (χ3n) is 5.50. The van der Waals surface area contributed by atoms with Crippen LogP contribution in [0, 0.1) is 0 Å². The Morgan fingerprint density at radius 1 is 0.625 bits per heavy atom. The molecule has 0 saturated carbocycles. The van der Waals surface area contributed by atoms with Crippen LogP contribution >= 0.6 is 0 Å². The van der Waals surface area contributed by atoms with Gasteiger partial charge in [0.15, 0.2) is 0 Å². The highest BCUT2D eigenvalue weighted by Gasteiger charge is 2.29. The fourth-order valence-electron chi connectivity index (χ4n) is 3.58. The number of hydrogen-bond donors (Lipinski definition) is 5. The van der Waals surface area contributed by atoms with Crippen molar-refractivity contribution in [3.63, 3.8) is 0 Å². The molecule has 0 rings (SSSR count). The number of unbranched alkanes of at least 4 members (excludes halogenated alkanes) is 2. The molecule has 0 aliphatic carbocycles. The van der Waals surface area contributed by atoms with E-state index in [0.717, 1.165) is 12.8 Å². The van der Waals surface area contributed by atoms with Crippen LogP contribution < -0.4 is 21.7 Å². The first-order chi connectivity index (χ1) is 25.1. The van der Waals surface area contributed by atoms with E-state index >= 15 is 0 Å². The molecule has 0 radical (unpaired) electrons. The van der Waals surface area contributed by atoms with Gasteiger partial charge in [0.2, 0.25) is 5.91 Å². The van der Waals surface area contributed by atoms with Gasteiger partial charge in [-0.3, -0.25) is 9.59 Å². The summed E-state index contributed by atoms with van der Waals surface area (Å²) in [6, 6.07) is -1.57. The van der Waals surface area contributed by atoms with E-state index in [1.165, 1.54) is 0 Å². The number of carboxylic acid groups (broad SMARTS) is 1. The number of azide groups is 2. The Morgan fingerprint density at radius 2 is 0.982 bits per heavy atom. The summed E-state index contributed by atoms with van der Waals surface area (Å²) in [5.74, 6) is -2.48. The Hall–Kier alpha value is -5.00. The second-order valence-corrected chi connectivity index (χ2v) is 15.8. The summed E-state index contributed by atoms with van der Waals surface area (Å²) in [4.78, 5) is 73.8. The highest BCUT2D eigenvalue weighted by atomic mass is 16.6. The van der Waals surface area contributed by atoms with Crippen molar-refractivity contribution in [2.24, 2.45) is 16.0 Å². The van der Waals surface area contributed by atoms with Gasteiger partial charge in [-0.15, -0.1) is 0 Å². The predicted octanol–water partition coefficient (Wildman–Crippen LogP) is 6.19. The van der Waals surface area contributed by atoms with Crippen LogP contribution in [0.15, 0.2) is 10.2 Å². The zero-order chi connectivity index (χ0) is 43.5. The van der Waals surface area contributed by atoms with Gasteiger partial charge in [-0.25, -0.2) is 19.2 Å². The van der Waals surface area contributed by atoms with Crippen LogP contribution in [0.4, 0.5) is 9.59 Å². The van der Waals surface area contributed by atoms with Crippen molar-refractivity contribution < 1.29 is 52.8 Å². The number of carbonyl (C=O) groups is 6. The number of ether oxygens (including phenoxy) is 4. The van der Waals surface area contributed by atoms with E-state index in [2.05, 4.69) is 36.0 Å². The van der Waals surface area contributed by atoms with Crippen molar-refractivity contribution in [3.05, 3.63) is 20.9 Å². The first kappa shape index (κ1) is 57.7. The number of carboxylic acids is 1. The lowest BCUT2D eigenvalue weighted by molar-refractivity contribution is -0.158. The lowest BCUT2D eigenvalue weighted by Crippen LogP contribution is -2.46. The molecule has 0 fully saturated rings. The average Bonchev–Trinajstić information content (AvgIpc) is 2.98. The van der Waals surface area contributed by atoms with E-state index in [1.54, 1.807) is 83.1 Å². The Balaban J connectivity index is -0.000000414. The van der Waals surface area contributed by atoms with Gasteiger partial charge in [-0.2, -0.15) is 0 Å². The highest BCUT2D eigenvalue weighted by Crippen LogP contribution is 2.15. The minimum atomic E-state index is -1.11. The maximum Gasteiger partial charge on any atom is 0.408 e. The van der Waals surface area contributed by atoms with Gasteiger partial charge in [0.1, 0.15) is 47.6 Å². The topological polar surface area (TPSA) is 319 Å². The molecule has 0 aliphatic heterocycles. The molecule has 21 heteroatoms. The molecule has 324 valence electrons.